The molecule has 1 unspecified atom stereocenters. The molecular weight excluding hydrogens is 232 g/mol. The fourth-order valence-electron chi connectivity index (χ4n) is 2.71. The first-order valence-corrected chi connectivity index (χ1v) is 7.04. The van der Waals surface area contributed by atoms with Gasteiger partial charge >= 0.3 is 0 Å². The lowest BCUT2D eigenvalue weighted by Gasteiger charge is -2.22. The monoisotopic (exact) mass is 252 g/mol. The van der Waals surface area contributed by atoms with Crippen molar-refractivity contribution in [1.29, 1.82) is 0 Å². The van der Waals surface area contributed by atoms with Gasteiger partial charge < -0.3 is 4.90 Å². The molecule has 1 aromatic heterocycles. The SMILES string of the molecule is CCCC1CCCN(c2ccnc(Cl)c2)CC1. The van der Waals surface area contributed by atoms with Crippen molar-refractivity contribution in [2.45, 2.75) is 39.0 Å². The van der Waals surface area contributed by atoms with E-state index in [9.17, 15) is 0 Å². The van der Waals surface area contributed by atoms with Crippen molar-refractivity contribution in [3.8, 4) is 0 Å². The van der Waals surface area contributed by atoms with E-state index >= 15 is 0 Å². The molecule has 17 heavy (non-hydrogen) atoms. The predicted molar refractivity (Wildman–Crippen MR) is 73.7 cm³/mol. The van der Waals surface area contributed by atoms with Crippen molar-refractivity contribution in [2.24, 2.45) is 5.92 Å². The number of anilines is 1. The van der Waals surface area contributed by atoms with Crippen LogP contribution in [0, 0.1) is 5.92 Å². The Balaban J connectivity index is 1.99. The largest absolute Gasteiger partial charge is 0.371 e. The third kappa shape index (κ3) is 3.60. The van der Waals surface area contributed by atoms with Crippen LogP contribution in [0.5, 0.6) is 0 Å². The lowest BCUT2D eigenvalue weighted by atomic mass is 9.96. The zero-order chi connectivity index (χ0) is 12.1. The minimum atomic E-state index is 0.594. The lowest BCUT2D eigenvalue weighted by molar-refractivity contribution is 0.435. The fourth-order valence-corrected chi connectivity index (χ4v) is 2.88. The molecule has 2 rings (SSSR count). The van der Waals surface area contributed by atoms with Gasteiger partial charge in [-0.2, -0.15) is 0 Å². The van der Waals surface area contributed by atoms with Crippen LogP contribution in [-0.4, -0.2) is 18.1 Å². The highest BCUT2D eigenvalue weighted by Crippen LogP contribution is 2.26. The average Bonchev–Trinajstić information content (AvgIpc) is 2.55. The van der Waals surface area contributed by atoms with Crippen molar-refractivity contribution < 1.29 is 0 Å². The standard InChI is InChI=1S/C14H21ClN2/c1-2-4-12-5-3-9-17(10-7-12)13-6-8-16-14(15)11-13/h6,8,11-12H,2-5,7,9-10H2,1H3. The molecule has 0 N–H and O–H groups in total. The molecule has 0 spiro atoms. The van der Waals surface area contributed by atoms with E-state index in [0.29, 0.717) is 5.15 Å². The van der Waals surface area contributed by atoms with Gasteiger partial charge in [0.15, 0.2) is 0 Å². The molecule has 2 heterocycles. The van der Waals surface area contributed by atoms with E-state index in [2.05, 4.69) is 22.9 Å². The maximum Gasteiger partial charge on any atom is 0.131 e. The summed E-state index contributed by atoms with van der Waals surface area (Å²) in [6.07, 6.45) is 8.48. The molecule has 0 aliphatic carbocycles. The average molecular weight is 253 g/mol. The molecule has 1 atom stereocenters. The predicted octanol–water partition coefficient (Wildman–Crippen LogP) is 4.14. The van der Waals surface area contributed by atoms with E-state index in [1.54, 1.807) is 6.20 Å². The molecule has 0 amide bonds. The van der Waals surface area contributed by atoms with Gasteiger partial charge in [-0.1, -0.05) is 31.4 Å². The Labute approximate surface area is 109 Å². The van der Waals surface area contributed by atoms with E-state index in [1.165, 1.54) is 37.8 Å². The van der Waals surface area contributed by atoms with Crippen LogP contribution in [0.4, 0.5) is 5.69 Å². The molecule has 0 radical (unpaired) electrons. The van der Waals surface area contributed by atoms with Crippen LogP contribution < -0.4 is 4.90 Å². The number of aromatic nitrogens is 1. The molecule has 1 aliphatic rings. The van der Waals surface area contributed by atoms with Crippen molar-refractivity contribution in [2.75, 3.05) is 18.0 Å². The second-order valence-electron chi connectivity index (χ2n) is 4.91. The summed E-state index contributed by atoms with van der Waals surface area (Å²) >= 11 is 5.95. The minimum Gasteiger partial charge on any atom is -0.371 e. The Morgan fingerprint density at radius 1 is 1.41 bits per heavy atom. The minimum absolute atomic E-state index is 0.594. The summed E-state index contributed by atoms with van der Waals surface area (Å²) in [6, 6.07) is 4.04. The van der Waals surface area contributed by atoms with E-state index in [0.717, 1.165) is 19.0 Å². The second kappa shape index (κ2) is 6.25. The fraction of sp³-hybridized carbons (Fsp3) is 0.643. The van der Waals surface area contributed by atoms with Crippen LogP contribution in [0.15, 0.2) is 18.3 Å². The summed E-state index contributed by atoms with van der Waals surface area (Å²) in [5.74, 6) is 0.919. The number of nitrogens with zero attached hydrogens (tertiary/aromatic N) is 2. The molecule has 1 aliphatic heterocycles. The summed E-state index contributed by atoms with van der Waals surface area (Å²) in [5, 5.41) is 0.594. The summed E-state index contributed by atoms with van der Waals surface area (Å²) in [6.45, 7) is 4.59. The van der Waals surface area contributed by atoms with Crippen LogP contribution in [-0.2, 0) is 0 Å². The van der Waals surface area contributed by atoms with Gasteiger partial charge in [-0.05, 0) is 37.3 Å². The molecule has 0 bridgehead atoms. The van der Waals surface area contributed by atoms with E-state index in [4.69, 9.17) is 11.6 Å². The van der Waals surface area contributed by atoms with E-state index in [-0.39, 0.29) is 0 Å². The molecule has 1 saturated heterocycles. The van der Waals surface area contributed by atoms with Crippen molar-refractivity contribution in [3.05, 3.63) is 23.5 Å². The van der Waals surface area contributed by atoms with Crippen LogP contribution in [0.25, 0.3) is 0 Å². The lowest BCUT2D eigenvalue weighted by Crippen LogP contribution is -2.24. The van der Waals surface area contributed by atoms with Gasteiger partial charge in [-0.15, -0.1) is 0 Å². The van der Waals surface area contributed by atoms with Gasteiger partial charge in [0.1, 0.15) is 5.15 Å². The van der Waals surface area contributed by atoms with Gasteiger partial charge in [0, 0.05) is 25.0 Å². The zero-order valence-corrected chi connectivity index (χ0v) is 11.3. The first kappa shape index (κ1) is 12.7. The number of rotatable bonds is 3. The highest BCUT2D eigenvalue weighted by atomic mass is 35.5. The molecule has 0 saturated carbocycles. The van der Waals surface area contributed by atoms with Gasteiger partial charge in [0.05, 0.1) is 0 Å². The van der Waals surface area contributed by atoms with E-state index in [1.807, 2.05) is 6.07 Å². The molecule has 94 valence electrons. The molecule has 0 aromatic carbocycles. The Kier molecular flexibility index (Phi) is 4.66. The van der Waals surface area contributed by atoms with Crippen molar-refractivity contribution >= 4 is 17.3 Å². The second-order valence-corrected chi connectivity index (χ2v) is 5.30. The quantitative estimate of drug-likeness (QED) is 0.752. The van der Waals surface area contributed by atoms with Gasteiger partial charge in [-0.25, -0.2) is 4.98 Å². The Morgan fingerprint density at radius 3 is 3.06 bits per heavy atom. The third-order valence-corrected chi connectivity index (χ3v) is 3.83. The Morgan fingerprint density at radius 2 is 2.29 bits per heavy atom. The highest BCUT2D eigenvalue weighted by molar-refractivity contribution is 6.29. The molecule has 1 fully saturated rings. The zero-order valence-electron chi connectivity index (χ0n) is 10.5. The van der Waals surface area contributed by atoms with Gasteiger partial charge in [-0.3, -0.25) is 0 Å². The summed E-state index contributed by atoms with van der Waals surface area (Å²) in [4.78, 5) is 6.49. The number of halogens is 1. The van der Waals surface area contributed by atoms with Gasteiger partial charge in [0.2, 0.25) is 0 Å². The van der Waals surface area contributed by atoms with Gasteiger partial charge in [0.25, 0.3) is 0 Å². The highest BCUT2D eigenvalue weighted by Gasteiger charge is 2.16. The maximum absolute atomic E-state index is 5.95. The first-order valence-electron chi connectivity index (χ1n) is 6.66. The normalized spacial score (nSPS) is 21.3. The number of hydrogen-bond donors (Lipinski definition) is 0. The van der Waals surface area contributed by atoms with Crippen molar-refractivity contribution in [3.63, 3.8) is 0 Å². The topological polar surface area (TPSA) is 16.1 Å². The molecule has 1 aromatic rings. The van der Waals surface area contributed by atoms with E-state index < -0.39 is 0 Å². The van der Waals surface area contributed by atoms with Crippen molar-refractivity contribution in [1.82, 2.24) is 4.98 Å². The smallest absolute Gasteiger partial charge is 0.131 e. The van der Waals surface area contributed by atoms with Crippen LogP contribution >= 0.6 is 11.6 Å². The van der Waals surface area contributed by atoms with Crippen LogP contribution in [0.2, 0.25) is 5.15 Å². The Hall–Kier alpha value is -0.760. The summed E-state index contributed by atoms with van der Waals surface area (Å²) < 4.78 is 0. The number of hydrogen-bond acceptors (Lipinski definition) is 2. The molecular formula is C14H21ClN2. The molecule has 3 heteroatoms. The Bertz CT molecular complexity index is 354. The maximum atomic E-state index is 5.95. The van der Waals surface area contributed by atoms with Crippen LogP contribution in [0.3, 0.4) is 0 Å². The third-order valence-electron chi connectivity index (χ3n) is 3.62. The summed E-state index contributed by atoms with van der Waals surface area (Å²) in [5.41, 5.74) is 1.22. The first-order chi connectivity index (χ1) is 8.29. The molecule has 2 nitrogen and oxygen atoms in total. The summed E-state index contributed by atoms with van der Waals surface area (Å²) in [7, 11) is 0. The van der Waals surface area contributed by atoms with Crippen LogP contribution in [0.1, 0.15) is 39.0 Å². The number of pyridine rings is 1.